The molecular weight excluding hydrogens is 180 g/mol. The molecule has 0 amide bonds. The third-order valence-corrected chi connectivity index (χ3v) is 2.55. The van der Waals surface area contributed by atoms with Crippen molar-refractivity contribution in [2.45, 2.75) is 25.3 Å². The Kier molecular flexibility index (Phi) is 3.10. The normalized spacial score (nSPS) is 18.6. The SMILES string of the molecule is NCCn1cc(C2CCOCC2)nn1. The van der Waals surface area contributed by atoms with Gasteiger partial charge in [-0.1, -0.05) is 5.21 Å². The quantitative estimate of drug-likeness (QED) is 0.746. The third-order valence-electron chi connectivity index (χ3n) is 2.55. The van der Waals surface area contributed by atoms with Crippen molar-refractivity contribution in [3.05, 3.63) is 11.9 Å². The molecule has 1 aromatic heterocycles. The van der Waals surface area contributed by atoms with E-state index in [1.807, 2.05) is 10.9 Å². The van der Waals surface area contributed by atoms with Gasteiger partial charge in [0.25, 0.3) is 0 Å². The molecule has 0 atom stereocenters. The molecule has 0 bridgehead atoms. The highest BCUT2D eigenvalue weighted by molar-refractivity contribution is 5.02. The van der Waals surface area contributed by atoms with Crippen LogP contribution in [-0.4, -0.2) is 34.8 Å². The molecule has 1 aliphatic heterocycles. The molecule has 0 unspecified atom stereocenters. The van der Waals surface area contributed by atoms with Gasteiger partial charge in [-0.25, -0.2) is 0 Å². The zero-order chi connectivity index (χ0) is 9.80. The summed E-state index contributed by atoms with van der Waals surface area (Å²) in [6.07, 6.45) is 4.12. The van der Waals surface area contributed by atoms with Gasteiger partial charge >= 0.3 is 0 Å². The topological polar surface area (TPSA) is 66.0 Å². The zero-order valence-corrected chi connectivity index (χ0v) is 8.22. The molecule has 1 saturated heterocycles. The molecule has 14 heavy (non-hydrogen) atoms. The average Bonchev–Trinajstić information content (AvgIpc) is 2.68. The fraction of sp³-hybridized carbons (Fsp3) is 0.778. The van der Waals surface area contributed by atoms with Gasteiger partial charge in [-0.05, 0) is 12.8 Å². The van der Waals surface area contributed by atoms with Crippen LogP contribution in [0.1, 0.15) is 24.5 Å². The number of ether oxygens (including phenoxy) is 1. The Bertz CT molecular complexity index is 280. The van der Waals surface area contributed by atoms with Crippen molar-refractivity contribution in [3.63, 3.8) is 0 Å². The van der Waals surface area contributed by atoms with E-state index >= 15 is 0 Å². The monoisotopic (exact) mass is 196 g/mol. The van der Waals surface area contributed by atoms with E-state index in [1.165, 1.54) is 0 Å². The highest BCUT2D eigenvalue weighted by Crippen LogP contribution is 2.24. The Morgan fingerprint density at radius 3 is 3.00 bits per heavy atom. The van der Waals surface area contributed by atoms with Gasteiger partial charge in [0, 0.05) is 31.9 Å². The summed E-state index contributed by atoms with van der Waals surface area (Å²) in [5.74, 6) is 0.523. The molecule has 1 fully saturated rings. The molecule has 2 N–H and O–H groups in total. The number of rotatable bonds is 3. The van der Waals surface area contributed by atoms with Crippen molar-refractivity contribution in [2.24, 2.45) is 5.73 Å². The van der Waals surface area contributed by atoms with E-state index in [-0.39, 0.29) is 0 Å². The second kappa shape index (κ2) is 4.52. The summed E-state index contributed by atoms with van der Waals surface area (Å²) >= 11 is 0. The van der Waals surface area contributed by atoms with Crippen molar-refractivity contribution >= 4 is 0 Å². The minimum absolute atomic E-state index is 0.523. The van der Waals surface area contributed by atoms with Crippen LogP contribution in [0.4, 0.5) is 0 Å². The summed E-state index contributed by atoms with van der Waals surface area (Å²) in [6.45, 7) is 3.04. The zero-order valence-electron chi connectivity index (χ0n) is 8.22. The van der Waals surface area contributed by atoms with Crippen LogP contribution in [0.15, 0.2) is 6.20 Å². The number of hydrogen-bond donors (Lipinski definition) is 1. The Balaban J connectivity index is 2.00. The summed E-state index contributed by atoms with van der Waals surface area (Å²) in [6, 6.07) is 0. The fourth-order valence-corrected chi connectivity index (χ4v) is 1.74. The van der Waals surface area contributed by atoms with Gasteiger partial charge in [-0.15, -0.1) is 5.10 Å². The minimum atomic E-state index is 0.523. The number of hydrogen-bond acceptors (Lipinski definition) is 4. The van der Waals surface area contributed by atoms with Crippen molar-refractivity contribution in [3.8, 4) is 0 Å². The van der Waals surface area contributed by atoms with Crippen LogP contribution in [0, 0.1) is 0 Å². The molecule has 78 valence electrons. The Morgan fingerprint density at radius 1 is 1.50 bits per heavy atom. The van der Waals surface area contributed by atoms with Crippen molar-refractivity contribution < 1.29 is 4.74 Å². The highest BCUT2D eigenvalue weighted by Gasteiger charge is 2.18. The molecule has 5 nitrogen and oxygen atoms in total. The molecule has 0 spiro atoms. The van der Waals surface area contributed by atoms with Crippen LogP contribution in [0.3, 0.4) is 0 Å². The lowest BCUT2D eigenvalue weighted by molar-refractivity contribution is 0.0845. The molecule has 2 heterocycles. The lowest BCUT2D eigenvalue weighted by Crippen LogP contribution is -2.14. The standard InChI is InChI=1S/C9H16N4O/c10-3-4-13-7-9(11-12-13)8-1-5-14-6-2-8/h7-8H,1-6,10H2. The molecule has 0 saturated carbocycles. The molecule has 0 aromatic carbocycles. The van der Waals surface area contributed by atoms with Gasteiger partial charge in [0.2, 0.25) is 0 Å². The predicted molar refractivity (Wildman–Crippen MR) is 51.9 cm³/mol. The lowest BCUT2D eigenvalue weighted by atomic mass is 9.97. The lowest BCUT2D eigenvalue weighted by Gasteiger charge is -2.19. The maximum Gasteiger partial charge on any atom is 0.0859 e. The van der Waals surface area contributed by atoms with Gasteiger partial charge in [-0.2, -0.15) is 0 Å². The second-order valence-corrected chi connectivity index (χ2v) is 3.58. The molecule has 0 aliphatic carbocycles. The van der Waals surface area contributed by atoms with Crippen molar-refractivity contribution in [1.82, 2.24) is 15.0 Å². The molecule has 1 aliphatic rings. The van der Waals surface area contributed by atoms with E-state index in [1.54, 1.807) is 0 Å². The molecule has 1 aromatic rings. The second-order valence-electron chi connectivity index (χ2n) is 3.58. The maximum atomic E-state index is 5.44. The first kappa shape index (κ1) is 9.61. The predicted octanol–water partition coefficient (Wildman–Crippen LogP) is 0.131. The number of aromatic nitrogens is 3. The van der Waals surface area contributed by atoms with E-state index in [0.717, 1.165) is 38.3 Å². The summed E-state index contributed by atoms with van der Waals surface area (Å²) < 4.78 is 7.11. The van der Waals surface area contributed by atoms with Gasteiger partial charge in [0.05, 0.1) is 12.2 Å². The van der Waals surface area contributed by atoms with Gasteiger partial charge in [0.1, 0.15) is 0 Å². The van der Waals surface area contributed by atoms with Gasteiger partial charge < -0.3 is 10.5 Å². The van der Waals surface area contributed by atoms with Crippen LogP contribution in [0.5, 0.6) is 0 Å². The largest absolute Gasteiger partial charge is 0.381 e. The van der Waals surface area contributed by atoms with Crippen LogP contribution in [0.2, 0.25) is 0 Å². The molecule has 2 rings (SSSR count). The number of nitrogens with two attached hydrogens (primary N) is 1. The van der Waals surface area contributed by atoms with Crippen LogP contribution >= 0.6 is 0 Å². The summed E-state index contributed by atoms with van der Waals surface area (Å²) in [5.41, 5.74) is 6.52. The van der Waals surface area contributed by atoms with Gasteiger partial charge in [0.15, 0.2) is 0 Å². The van der Waals surface area contributed by atoms with E-state index in [0.29, 0.717) is 12.5 Å². The first-order valence-corrected chi connectivity index (χ1v) is 5.08. The van der Waals surface area contributed by atoms with Crippen LogP contribution in [0.25, 0.3) is 0 Å². The van der Waals surface area contributed by atoms with E-state index < -0.39 is 0 Å². The van der Waals surface area contributed by atoms with Crippen molar-refractivity contribution in [1.29, 1.82) is 0 Å². The fourth-order valence-electron chi connectivity index (χ4n) is 1.74. The van der Waals surface area contributed by atoms with Crippen LogP contribution in [-0.2, 0) is 11.3 Å². The first-order chi connectivity index (χ1) is 6.90. The van der Waals surface area contributed by atoms with Gasteiger partial charge in [-0.3, -0.25) is 4.68 Å². The molecule has 0 radical (unpaired) electrons. The Labute approximate surface area is 83.2 Å². The maximum absolute atomic E-state index is 5.44. The summed E-state index contributed by atoms with van der Waals surface area (Å²) in [4.78, 5) is 0. The number of nitrogens with zero attached hydrogens (tertiary/aromatic N) is 3. The highest BCUT2D eigenvalue weighted by atomic mass is 16.5. The van der Waals surface area contributed by atoms with Crippen LogP contribution < -0.4 is 5.73 Å². The van der Waals surface area contributed by atoms with E-state index in [4.69, 9.17) is 10.5 Å². The average molecular weight is 196 g/mol. The molecule has 5 heteroatoms. The minimum Gasteiger partial charge on any atom is -0.381 e. The Morgan fingerprint density at radius 2 is 2.29 bits per heavy atom. The smallest absolute Gasteiger partial charge is 0.0859 e. The third kappa shape index (κ3) is 2.10. The van der Waals surface area contributed by atoms with E-state index in [9.17, 15) is 0 Å². The summed E-state index contributed by atoms with van der Waals surface area (Å²) in [5, 5.41) is 8.19. The molecular formula is C9H16N4O. The summed E-state index contributed by atoms with van der Waals surface area (Å²) in [7, 11) is 0. The van der Waals surface area contributed by atoms with E-state index in [2.05, 4.69) is 10.3 Å². The Hall–Kier alpha value is -0.940. The first-order valence-electron chi connectivity index (χ1n) is 5.08. The van der Waals surface area contributed by atoms with Crippen molar-refractivity contribution in [2.75, 3.05) is 19.8 Å².